The van der Waals surface area contributed by atoms with Crippen LogP contribution < -0.4 is 4.90 Å². The number of imidazole rings is 1. The first-order valence-electron chi connectivity index (χ1n) is 11.8. The molecule has 0 fully saturated rings. The molecular formula is C28H27N5O2S. The van der Waals surface area contributed by atoms with E-state index in [9.17, 15) is 13.7 Å². The summed E-state index contributed by atoms with van der Waals surface area (Å²) in [5.41, 5.74) is 5.14. The van der Waals surface area contributed by atoms with Crippen LogP contribution in [0.4, 0.5) is 5.69 Å². The lowest BCUT2D eigenvalue weighted by Gasteiger charge is -2.32. The maximum Gasteiger partial charge on any atom is 0.243 e. The third kappa shape index (κ3) is 4.89. The second-order valence-corrected chi connectivity index (χ2v) is 11.0. The molecular weight excluding hydrogens is 470 g/mol. The topological polar surface area (TPSA) is 93.1 Å². The number of aromatic nitrogens is 2. The van der Waals surface area contributed by atoms with Gasteiger partial charge in [-0.1, -0.05) is 48.0 Å². The minimum Gasteiger partial charge on any atom is -0.364 e. The van der Waals surface area contributed by atoms with Crippen LogP contribution in [-0.4, -0.2) is 35.3 Å². The van der Waals surface area contributed by atoms with E-state index in [0.29, 0.717) is 25.1 Å². The number of H-pyrrole nitrogens is 1. The number of hydrogen-bond donors (Lipinski definition) is 1. The summed E-state index contributed by atoms with van der Waals surface area (Å²) in [5.74, 6) is 0. The van der Waals surface area contributed by atoms with E-state index in [1.807, 2.05) is 61.7 Å². The maximum atomic E-state index is 14.1. The molecule has 2 heterocycles. The van der Waals surface area contributed by atoms with E-state index < -0.39 is 10.0 Å². The SMILES string of the molecule is Cc1ccc(S(=O)(=O)N2Cc3cc(C#N)ccc3N(Cc3c[nH]cn3)CC2Cc2ccccc2)cc1. The van der Waals surface area contributed by atoms with Gasteiger partial charge in [0.25, 0.3) is 0 Å². The molecule has 5 rings (SSSR count). The van der Waals surface area contributed by atoms with Gasteiger partial charge in [-0.25, -0.2) is 13.4 Å². The zero-order chi connectivity index (χ0) is 25.1. The second-order valence-electron chi connectivity index (χ2n) is 9.10. The van der Waals surface area contributed by atoms with E-state index >= 15 is 0 Å². The molecule has 1 aromatic heterocycles. The molecule has 36 heavy (non-hydrogen) atoms. The molecule has 182 valence electrons. The van der Waals surface area contributed by atoms with Gasteiger partial charge in [-0.05, 0) is 54.8 Å². The van der Waals surface area contributed by atoms with Crippen molar-refractivity contribution in [3.63, 3.8) is 0 Å². The molecule has 7 nitrogen and oxygen atoms in total. The van der Waals surface area contributed by atoms with Crippen molar-refractivity contribution < 1.29 is 8.42 Å². The third-order valence-corrected chi connectivity index (χ3v) is 8.48. The van der Waals surface area contributed by atoms with Gasteiger partial charge in [-0.2, -0.15) is 9.57 Å². The Hall–Kier alpha value is -3.93. The van der Waals surface area contributed by atoms with Gasteiger partial charge in [-0.15, -0.1) is 0 Å². The highest BCUT2D eigenvalue weighted by molar-refractivity contribution is 7.89. The van der Waals surface area contributed by atoms with Crippen molar-refractivity contribution >= 4 is 15.7 Å². The van der Waals surface area contributed by atoms with E-state index in [4.69, 9.17) is 0 Å². The van der Waals surface area contributed by atoms with E-state index in [1.165, 1.54) is 0 Å². The largest absolute Gasteiger partial charge is 0.364 e. The fourth-order valence-corrected chi connectivity index (χ4v) is 6.33. The van der Waals surface area contributed by atoms with Crippen LogP contribution in [0.25, 0.3) is 0 Å². The van der Waals surface area contributed by atoms with E-state index in [0.717, 1.165) is 28.1 Å². The molecule has 1 N–H and O–H groups in total. The number of aryl methyl sites for hydroxylation is 1. The van der Waals surface area contributed by atoms with Crippen molar-refractivity contribution in [3.05, 3.63) is 113 Å². The number of benzene rings is 3. The zero-order valence-electron chi connectivity index (χ0n) is 20.0. The molecule has 0 spiro atoms. The Bertz CT molecular complexity index is 1480. The second kappa shape index (κ2) is 9.97. The molecule has 1 unspecified atom stereocenters. The van der Waals surface area contributed by atoms with Crippen molar-refractivity contribution in [1.29, 1.82) is 5.26 Å². The lowest BCUT2D eigenvalue weighted by molar-refractivity contribution is 0.318. The summed E-state index contributed by atoms with van der Waals surface area (Å²) in [6.07, 6.45) is 4.05. The quantitative estimate of drug-likeness (QED) is 0.426. The Morgan fingerprint density at radius 2 is 1.86 bits per heavy atom. The predicted molar refractivity (Wildman–Crippen MR) is 139 cm³/mol. The Morgan fingerprint density at radius 1 is 1.08 bits per heavy atom. The average molecular weight is 498 g/mol. The number of nitriles is 1. The predicted octanol–water partition coefficient (Wildman–Crippen LogP) is 4.41. The van der Waals surface area contributed by atoms with E-state index in [-0.39, 0.29) is 17.5 Å². The fraction of sp³-hybridized carbons (Fsp3) is 0.214. The van der Waals surface area contributed by atoms with Crippen LogP contribution in [-0.2, 0) is 29.5 Å². The molecule has 0 amide bonds. The highest BCUT2D eigenvalue weighted by Crippen LogP contribution is 2.33. The summed E-state index contributed by atoms with van der Waals surface area (Å²) >= 11 is 0. The van der Waals surface area contributed by atoms with Gasteiger partial charge < -0.3 is 9.88 Å². The first-order chi connectivity index (χ1) is 17.4. The standard InChI is InChI=1S/C28H27N5O2S/c1-21-7-10-27(11-8-21)36(34,35)33-17-24-13-23(15-29)9-12-28(24)32(18-25-16-30-20-31-25)19-26(33)14-22-5-3-2-4-6-22/h2-13,16,20,26H,14,17-19H2,1H3,(H,30,31). The van der Waals surface area contributed by atoms with Crippen LogP contribution in [0, 0.1) is 18.3 Å². The van der Waals surface area contributed by atoms with Crippen LogP contribution >= 0.6 is 0 Å². The highest BCUT2D eigenvalue weighted by Gasteiger charge is 2.36. The molecule has 0 aliphatic carbocycles. The number of aromatic amines is 1. The van der Waals surface area contributed by atoms with E-state index in [1.54, 1.807) is 34.9 Å². The molecule has 0 bridgehead atoms. The number of sulfonamides is 1. The lowest BCUT2D eigenvalue weighted by atomic mass is 10.1. The molecule has 1 aliphatic heterocycles. The summed E-state index contributed by atoms with van der Waals surface area (Å²) in [6.45, 7) is 3.11. The van der Waals surface area contributed by atoms with Crippen molar-refractivity contribution in [3.8, 4) is 6.07 Å². The lowest BCUT2D eigenvalue weighted by Crippen LogP contribution is -2.45. The summed E-state index contributed by atoms with van der Waals surface area (Å²) in [4.78, 5) is 9.84. The Morgan fingerprint density at radius 3 is 2.56 bits per heavy atom. The van der Waals surface area contributed by atoms with Gasteiger partial charge in [0.05, 0.1) is 35.1 Å². The smallest absolute Gasteiger partial charge is 0.243 e. The molecule has 1 atom stereocenters. The van der Waals surface area contributed by atoms with Crippen LogP contribution in [0.5, 0.6) is 0 Å². The minimum atomic E-state index is -3.82. The normalized spacial score (nSPS) is 16.2. The maximum absolute atomic E-state index is 14.1. The van der Waals surface area contributed by atoms with Crippen molar-refractivity contribution in [2.24, 2.45) is 0 Å². The minimum absolute atomic E-state index is 0.176. The van der Waals surface area contributed by atoms with Gasteiger partial charge >= 0.3 is 0 Å². The molecule has 3 aromatic carbocycles. The zero-order valence-corrected chi connectivity index (χ0v) is 20.8. The first kappa shape index (κ1) is 23.8. The van der Waals surface area contributed by atoms with Gasteiger partial charge in [-0.3, -0.25) is 0 Å². The number of nitrogens with one attached hydrogen (secondary N) is 1. The van der Waals surface area contributed by atoms with Gasteiger partial charge in [0.1, 0.15) is 0 Å². The van der Waals surface area contributed by atoms with Crippen molar-refractivity contribution in [1.82, 2.24) is 14.3 Å². The monoisotopic (exact) mass is 497 g/mol. The number of hydrogen-bond acceptors (Lipinski definition) is 5. The number of rotatable bonds is 6. The molecule has 0 saturated carbocycles. The average Bonchev–Trinajstić information content (AvgIpc) is 3.35. The first-order valence-corrected chi connectivity index (χ1v) is 13.3. The molecule has 8 heteroatoms. The summed E-state index contributed by atoms with van der Waals surface area (Å²) < 4.78 is 29.7. The Balaban J connectivity index is 1.62. The van der Waals surface area contributed by atoms with Crippen molar-refractivity contribution in [2.75, 3.05) is 11.4 Å². The molecule has 1 aliphatic rings. The Labute approximate surface area is 211 Å². The van der Waals surface area contributed by atoms with Gasteiger partial charge in [0.2, 0.25) is 10.0 Å². The van der Waals surface area contributed by atoms with Crippen molar-refractivity contribution in [2.45, 2.75) is 37.4 Å². The fourth-order valence-electron chi connectivity index (χ4n) is 4.73. The van der Waals surface area contributed by atoms with Crippen LogP contribution in [0.15, 0.2) is 90.2 Å². The molecule has 0 radical (unpaired) electrons. The Kier molecular flexibility index (Phi) is 6.59. The van der Waals surface area contributed by atoms with Crippen LogP contribution in [0.2, 0.25) is 0 Å². The molecule has 0 saturated heterocycles. The van der Waals surface area contributed by atoms with Crippen LogP contribution in [0.1, 0.15) is 27.9 Å². The number of fused-ring (bicyclic) bond motifs is 1. The van der Waals surface area contributed by atoms with Crippen LogP contribution in [0.3, 0.4) is 0 Å². The molecule has 4 aromatic rings. The summed E-state index contributed by atoms with van der Waals surface area (Å²) in [5, 5.41) is 9.55. The summed E-state index contributed by atoms with van der Waals surface area (Å²) in [7, 11) is -3.82. The van der Waals surface area contributed by atoms with Gasteiger partial charge in [0, 0.05) is 31.0 Å². The number of nitrogens with zero attached hydrogens (tertiary/aromatic N) is 4. The summed E-state index contributed by atoms with van der Waals surface area (Å²) in [6, 6.07) is 24.3. The number of anilines is 1. The van der Waals surface area contributed by atoms with E-state index in [2.05, 4.69) is 20.9 Å². The van der Waals surface area contributed by atoms with Gasteiger partial charge in [0.15, 0.2) is 0 Å². The third-order valence-electron chi connectivity index (χ3n) is 6.56. The highest BCUT2D eigenvalue weighted by atomic mass is 32.2.